The van der Waals surface area contributed by atoms with Crippen LogP contribution in [0.5, 0.6) is 5.75 Å². The number of ketones is 1. The average molecular weight is 404 g/mol. The van der Waals surface area contributed by atoms with Gasteiger partial charge in [0.05, 0.1) is 18.2 Å². The second-order valence-corrected chi connectivity index (χ2v) is 8.20. The van der Waals surface area contributed by atoms with E-state index in [9.17, 15) is 14.7 Å². The first kappa shape index (κ1) is 18.9. The Labute approximate surface area is 175 Å². The van der Waals surface area contributed by atoms with E-state index in [4.69, 9.17) is 4.74 Å². The van der Waals surface area contributed by atoms with Crippen molar-refractivity contribution in [3.05, 3.63) is 65.0 Å². The number of rotatable bonds is 3. The fraction of sp³-hybridized carbons (Fsp3) is 0.375. The maximum absolute atomic E-state index is 13.1. The molecule has 1 N–H and O–H groups in total. The van der Waals surface area contributed by atoms with Crippen molar-refractivity contribution in [1.29, 1.82) is 0 Å². The Morgan fingerprint density at radius 1 is 1.07 bits per heavy atom. The van der Waals surface area contributed by atoms with Crippen molar-refractivity contribution in [2.24, 2.45) is 0 Å². The summed E-state index contributed by atoms with van der Waals surface area (Å²) in [5.74, 6) is -0.450. The molecule has 1 aliphatic carbocycles. The van der Waals surface area contributed by atoms with Crippen LogP contribution in [0.15, 0.2) is 48.3 Å². The molecule has 1 unspecified atom stereocenters. The summed E-state index contributed by atoms with van der Waals surface area (Å²) >= 11 is 0. The van der Waals surface area contributed by atoms with E-state index in [1.165, 1.54) is 0 Å². The maximum atomic E-state index is 13.1. The van der Waals surface area contributed by atoms with Gasteiger partial charge < -0.3 is 14.7 Å². The van der Waals surface area contributed by atoms with Gasteiger partial charge in [-0.15, -0.1) is 0 Å². The topological polar surface area (TPSA) is 79.7 Å². The van der Waals surface area contributed by atoms with Gasteiger partial charge in [0.1, 0.15) is 11.5 Å². The number of fused-ring (bicyclic) bond motifs is 1. The highest BCUT2D eigenvalue weighted by molar-refractivity contribution is 6.46. The summed E-state index contributed by atoms with van der Waals surface area (Å²) in [5, 5.41) is 11.2. The van der Waals surface area contributed by atoms with Crippen LogP contribution in [0.3, 0.4) is 0 Å². The van der Waals surface area contributed by atoms with Crippen LogP contribution in [-0.4, -0.2) is 39.3 Å². The van der Waals surface area contributed by atoms with Crippen LogP contribution in [0.1, 0.15) is 54.8 Å². The molecule has 6 heteroatoms. The Hall–Kier alpha value is -3.15. The molecule has 154 valence electrons. The molecule has 5 rings (SSSR count). The molecule has 0 spiro atoms. The summed E-state index contributed by atoms with van der Waals surface area (Å²) in [7, 11) is 0. The molecule has 30 heavy (non-hydrogen) atoms. The minimum Gasteiger partial charge on any atom is -0.507 e. The third-order valence-electron chi connectivity index (χ3n) is 6.43. The van der Waals surface area contributed by atoms with Gasteiger partial charge in [0.25, 0.3) is 11.7 Å². The number of aliphatic hydroxyl groups excluding tert-OH is 1. The van der Waals surface area contributed by atoms with Crippen molar-refractivity contribution in [1.82, 2.24) is 9.88 Å². The van der Waals surface area contributed by atoms with Crippen molar-refractivity contribution >= 4 is 17.4 Å². The number of ether oxygens (including phenoxy) is 1. The van der Waals surface area contributed by atoms with Gasteiger partial charge in [0.2, 0.25) is 0 Å². The first-order valence-corrected chi connectivity index (χ1v) is 10.6. The van der Waals surface area contributed by atoms with E-state index in [1.807, 2.05) is 24.3 Å². The lowest BCUT2D eigenvalue weighted by Crippen LogP contribution is -2.40. The molecule has 1 saturated carbocycles. The predicted molar refractivity (Wildman–Crippen MR) is 111 cm³/mol. The molecule has 0 radical (unpaired) electrons. The molecule has 3 heterocycles. The van der Waals surface area contributed by atoms with Crippen LogP contribution in [0, 0.1) is 0 Å². The Morgan fingerprint density at radius 3 is 2.60 bits per heavy atom. The van der Waals surface area contributed by atoms with E-state index >= 15 is 0 Å². The van der Waals surface area contributed by atoms with Crippen molar-refractivity contribution in [3.63, 3.8) is 0 Å². The maximum Gasteiger partial charge on any atom is 0.295 e. The molecule has 1 aromatic carbocycles. The predicted octanol–water partition coefficient (Wildman–Crippen LogP) is 3.77. The molecule has 1 atom stereocenters. The Bertz CT molecular complexity index is 1020. The van der Waals surface area contributed by atoms with Gasteiger partial charge in [0.15, 0.2) is 0 Å². The Balaban J connectivity index is 1.64. The van der Waals surface area contributed by atoms with Gasteiger partial charge in [-0.2, -0.15) is 0 Å². The number of carbonyl (C=O) groups is 2. The molecular formula is C24H24N2O4. The highest BCUT2D eigenvalue weighted by Gasteiger charge is 2.48. The highest BCUT2D eigenvalue weighted by atomic mass is 16.5. The lowest BCUT2D eigenvalue weighted by molar-refractivity contribution is -0.141. The first-order chi connectivity index (χ1) is 14.6. The zero-order valence-electron chi connectivity index (χ0n) is 16.7. The number of hydrogen-bond donors (Lipinski definition) is 1. The minimum atomic E-state index is -0.614. The zero-order valence-corrected chi connectivity index (χ0v) is 16.7. The van der Waals surface area contributed by atoms with Crippen LogP contribution >= 0.6 is 0 Å². The number of Topliss-reactive ketones (excluding diaryl/α,β-unsaturated/α-hetero) is 1. The molecule has 1 saturated heterocycles. The fourth-order valence-corrected chi connectivity index (χ4v) is 4.95. The summed E-state index contributed by atoms with van der Waals surface area (Å²) in [6.45, 7) is 0.614. The number of carbonyl (C=O) groups excluding carboxylic acids is 2. The second kappa shape index (κ2) is 7.59. The number of aliphatic hydroxyl groups is 1. The van der Waals surface area contributed by atoms with E-state index < -0.39 is 17.7 Å². The van der Waals surface area contributed by atoms with Gasteiger partial charge in [-0.3, -0.25) is 14.6 Å². The molecule has 2 fully saturated rings. The normalized spacial score (nSPS) is 23.5. The lowest BCUT2D eigenvalue weighted by Gasteiger charge is -2.35. The van der Waals surface area contributed by atoms with Crippen molar-refractivity contribution < 1.29 is 19.4 Å². The van der Waals surface area contributed by atoms with Crippen LogP contribution in [0.2, 0.25) is 0 Å². The number of nitrogens with zero attached hydrogens (tertiary/aromatic N) is 2. The Morgan fingerprint density at radius 2 is 1.83 bits per heavy atom. The molecular weight excluding hydrogens is 380 g/mol. The fourth-order valence-electron chi connectivity index (χ4n) is 4.95. The first-order valence-electron chi connectivity index (χ1n) is 10.6. The number of pyridine rings is 1. The molecule has 3 aliphatic rings. The van der Waals surface area contributed by atoms with Crippen molar-refractivity contribution in [3.8, 4) is 5.75 Å². The number of likely N-dealkylation sites (tertiary alicyclic amines) is 1. The van der Waals surface area contributed by atoms with Gasteiger partial charge in [-0.1, -0.05) is 19.3 Å². The summed E-state index contributed by atoms with van der Waals surface area (Å²) in [6.07, 6.45) is 9.07. The monoisotopic (exact) mass is 404 g/mol. The van der Waals surface area contributed by atoms with Gasteiger partial charge in [0, 0.05) is 30.4 Å². The summed E-state index contributed by atoms with van der Waals surface area (Å²) < 4.78 is 5.55. The molecule has 1 amide bonds. The minimum absolute atomic E-state index is 0.00656. The number of hydrogen-bond acceptors (Lipinski definition) is 5. The number of amides is 1. The van der Waals surface area contributed by atoms with Crippen molar-refractivity contribution in [2.45, 2.75) is 50.6 Å². The summed E-state index contributed by atoms with van der Waals surface area (Å²) in [6, 6.07) is 8.46. The van der Waals surface area contributed by atoms with E-state index in [0.29, 0.717) is 12.2 Å². The molecule has 2 aromatic rings. The van der Waals surface area contributed by atoms with E-state index in [1.54, 1.807) is 23.4 Å². The summed E-state index contributed by atoms with van der Waals surface area (Å²) in [4.78, 5) is 32.0. The van der Waals surface area contributed by atoms with E-state index in [0.717, 1.165) is 55.4 Å². The standard InChI is InChI=1S/C24H24N2O4/c27-22(17-6-7-19-16(14-17)10-13-30-19)20-21(15-8-11-25-12-9-15)26(24(29)23(20)28)18-4-2-1-3-5-18/h6-9,11-12,14,18,21,27H,1-5,10,13H2/b22-20-. The summed E-state index contributed by atoms with van der Waals surface area (Å²) in [5.41, 5.74) is 2.50. The van der Waals surface area contributed by atoms with Crippen LogP contribution in [-0.2, 0) is 16.0 Å². The number of benzene rings is 1. The van der Waals surface area contributed by atoms with Crippen LogP contribution < -0.4 is 4.74 Å². The lowest BCUT2D eigenvalue weighted by atomic mass is 9.91. The SMILES string of the molecule is O=C1C(=O)N(C2CCCCC2)C(c2ccncc2)/C1=C(/O)c1ccc2c(c1)CCO2. The average Bonchev–Trinajstić information content (AvgIpc) is 3.36. The number of aromatic nitrogens is 1. The van der Waals surface area contributed by atoms with Gasteiger partial charge in [-0.25, -0.2) is 0 Å². The third kappa shape index (κ3) is 3.07. The van der Waals surface area contributed by atoms with Crippen LogP contribution in [0.4, 0.5) is 0 Å². The third-order valence-corrected chi connectivity index (χ3v) is 6.43. The molecule has 0 bridgehead atoms. The van der Waals surface area contributed by atoms with E-state index in [2.05, 4.69) is 4.98 Å². The zero-order chi connectivity index (χ0) is 20.7. The van der Waals surface area contributed by atoms with Gasteiger partial charge in [-0.05, 0) is 54.3 Å². The van der Waals surface area contributed by atoms with Crippen molar-refractivity contribution in [2.75, 3.05) is 6.61 Å². The van der Waals surface area contributed by atoms with Crippen LogP contribution in [0.25, 0.3) is 5.76 Å². The smallest absolute Gasteiger partial charge is 0.295 e. The molecule has 1 aromatic heterocycles. The molecule has 6 nitrogen and oxygen atoms in total. The Kier molecular flexibility index (Phi) is 4.77. The molecule has 2 aliphatic heterocycles. The van der Waals surface area contributed by atoms with Gasteiger partial charge >= 0.3 is 0 Å². The van der Waals surface area contributed by atoms with E-state index in [-0.39, 0.29) is 17.4 Å². The largest absolute Gasteiger partial charge is 0.507 e. The second-order valence-electron chi connectivity index (χ2n) is 8.20. The highest BCUT2D eigenvalue weighted by Crippen LogP contribution is 2.43. The quantitative estimate of drug-likeness (QED) is 0.479.